The molecule has 1 aromatic carbocycles. The third kappa shape index (κ3) is 2.74. The van der Waals surface area contributed by atoms with Crippen molar-refractivity contribution in [3.8, 4) is 11.4 Å². The molecule has 88 valence electrons. The molecule has 0 aliphatic carbocycles. The summed E-state index contributed by atoms with van der Waals surface area (Å²) in [5, 5.41) is 0.625. The number of H-pyrrole nitrogens is 1. The van der Waals surface area contributed by atoms with Gasteiger partial charge in [0.1, 0.15) is 5.82 Å². The van der Waals surface area contributed by atoms with Gasteiger partial charge in [-0.15, -0.1) is 0 Å². The highest BCUT2D eigenvalue weighted by Crippen LogP contribution is 2.20. The van der Waals surface area contributed by atoms with Crippen LogP contribution in [-0.2, 0) is 0 Å². The lowest BCUT2D eigenvalue weighted by atomic mass is 10.1. The maximum atomic E-state index is 11.5. The Morgan fingerprint density at radius 2 is 2.06 bits per heavy atom. The number of aromatic nitrogens is 2. The van der Waals surface area contributed by atoms with Gasteiger partial charge < -0.3 is 4.98 Å². The summed E-state index contributed by atoms with van der Waals surface area (Å²) in [4.78, 5) is 18.7. The van der Waals surface area contributed by atoms with Crippen LogP contribution in [0.2, 0.25) is 5.02 Å². The molecular weight excluding hydrogens is 236 g/mol. The zero-order valence-electron chi connectivity index (χ0n) is 9.70. The summed E-state index contributed by atoms with van der Waals surface area (Å²) in [6.07, 6.45) is 0. The molecule has 3 nitrogen and oxygen atoms in total. The molecule has 0 atom stereocenters. The number of nitrogens with one attached hydrogen (secondary N) is 1. The van der Waals surface area contributed by atoms with Gasteiger partial charge in [-0.05, 0) is 18.1 Å². The molecule has 1 aromatic heterocycles. The van der Waals surface area contributed by atoms with Gasteiger partial charge in [0.2, 0.25) is 0 Å². The maximum absolute atomic E-state index is 11.5. The smallest absolute Gasteiger partial charge is 0.251 e. The van der Waals surface area contributed by atoms with Crippen molar-refractivity contribution in [1.29, 1.82) is 0 Å². The second kappa shape index (κ2) is 4.72. The van der Waals surface area contributed by atoms with Crippen molar-refractivity contribution in [1.82, 2.24) is 9.97 Å². The second-order valence-corrected chi connectivity index (χ2v) is 4.62. The molecule has 0 spiro atoms. The van der Waals surface area contributed by atoms with Crippen LogP contribution >= 0.6 is 11.6 Å². The molecule has 17 heavy (non-hydrogen) atoms. The van der Waals surface area contributed by atoms with Crippen molar-refractivity contribution in [2.45, 2.75) is 19.8 Å². The van der Waals surface area contributed by atoms with E-state index in [-0.39, 0.29) is 11.5 Å². The van der Waals surface area contributed by atoms with E-state index in [9.17, 15) is 4.79 Å². The Balaban J connectivity index is 2.56. The Morgan fingerprint density at radius 1 is 1.29 bits per heavy atom. The first-order valence-corrected chi connectivity index (χ1v) is 5.81. The van der Waals surface area contributed by atoms with Crippen LogP contribution in [0.3, 0.4) is 0 Å². The number of hydrogen-bond donors (Lipinski definition) is 1. The number of hydrogen-bond acceptors (Lipinski definition) is 2. The van der Waals surface area contributed by atoms with Crippen LogP contribution in [0.5, 0.6) is 0 Å². The largest absolute Gasteiger partial charge is 0.307 e. The molecule has 1 heterocycles. The van der Waals surface area contributed by atoms with Gasteiger partial charge in [-0.25, -0.2) is 4.98 Å². The molecule has 0 aliphatic rings. The van der Waals surface area contributed by atoms with Crippen LogP contribution in [0.15, 0.2) is 35.1 Å². The lowest BCUT2D eigenvalue weighted by molar-refractivity contribution is 0.812. The van der Waals surface area contributed by atoms with Crippen molar-refractivity contribution in [2.75, 3.05) is 0 Å². The van der Waals surface area contributed by atoms with Crippen molar-refractivity contribution in [3.63, 3.8) is 0 Å². The van der Waals surface area contributed by atoms with Gasteiger partial charge in [-0.2, -0.15) is 0 Å². The van der Waals surface area contributed by atoms with Gasteiger partial charge in [-0.1, -0.05) is 37.6 Å². The average Bonchev–Trinajstić information content (AvgIpc) is 2.28. The number of nitrogens with zero attached hydrogens (tertiary/aromatic N) is 1. The first kappa shape index (κ1) is 11.9. The van der Waals surface area contributed by atoms with E-state index in [2.05, 4.69) is 9.97 Å². The quantitative estimate of drug-likeness (QED) is 0.887. The molecule has 2 aromatic rings. The van der Waals surface area contributed by atoms with Crippen LogP contribution < -0.4 is 5.56 Å². The molecule has 0 bridgehead atoms. The summed E-state index contributed by atoms with van der Waals surface area (Å²) in [5.74, 6) is 0.777. The Hall–Kier alpha value is -1.61. The zero-order valence-corrected chi connectivity index (χ0v) is 10.5. The lowest BCUT2D eigenvalue weighted by Gasteiger charge is -2.07. The highest BCUT2D eigenvalue weighted by Gasteiger charge is 2.07. The van der Waals surface area contributed by atoms with E-state index in [4.69, 9.17) is 11.6 Å². The van der Waals surface area contributed by atoms with E-state index < -0.39 is 0 Å². The third-order valence-corrected chi connectivity index (χ3v) is 2.69. The molecule has 0 aliphatic heterocycles. The molecule has 4 heteroatoms. The molecule has 2 rings (SSSR count). The molecule has 0 saturated heterocycles. The van der Waals surface area contributed by atoms with E-state index >= 15 is 0 Å². The summed E-state index contributed by atoms with van der Waals surface area (Å²) in [7, 11) is 0. The monoisotopic (exact) mass is 248 g/mol. The summed E-state index contributed by atoms with van der Waals surface area (Å²) < 4.78 is 0. The topological polar surface area (TPSA) is 45.8 Å². The van der Waals surface area contributed by atoms with Crippen LogP contribution in [0, 0.1) is 0 Å². The fourth-order valence-corrected chi connectivity index (χ4v) is 1.73. The Morgan fingerprint density at radius 3 is 2.71 bits per heavy atom. The predicted octanol–water partition coefficient (Wildman–Crippen LogP) is 3.21. The average molecular weight is 249 g/mol. The molecular formula is C13H13ClN2O. The molecule has 0 radical (unpaired) electrons. The van der Waals surface area contributed by atoms with E-state index in [1.807, 2.05) is 26.0 Å². The first-order valence-electron chi connectivity index (χ1n) is 5.43. The Bertz CT molecular complexity index is 590. The predicted molar refractivity (Wildman–Crippen MR) is 69.4 cm³/mol. The summed E-state index contributed by atoms with van der Waals surface area (Å²) in [5.41, 5.74) is 1.46. The van der Waals surface area contributed by atoms with E-state index in [1.165, 1.54) is 6.07 Å². The van der Waals surface area contributed by atoms with Gasteiger partial charge in [0.25, 0.3) is 5.56 Å². The molecule has 0 saturated carbocycles. The van der Waals surface area contributed by atoms with Crippen LogP contribution in [-0.4, -0.2) is 9.97 Å². The maximum Gasteiger partial charge on any atom is 0.251 e. The van der Waals surface area contributed by atoms with Crippen LogP contribution in [0.4, 0.5) is 0 Å². The molecule has 0 amide bonds. The first-order chi connectivity index (χ1) is 8.06. The number of aromatic amines is 1. The highest BCUT2D eigenvalue weighted by molar-refractivity contribution is 6.30. The van der Waals surface area contributed by atoms with E-state index in [1.54, 1.807) is 12.1 Å². The van der Waals surface area contributed by atoms with Gasteiger partial charge in [0, 0.05) is 16.7 Å². The summed E-state index contributed by atoms with van der Waals surface area (Å²) >= 11 is 5.92. The molecule has 0 unspecified atom stereocenters. The van der Waals surface area contributed by atoms with Crippen LogP contribution in [0.1, 0.15) is 25.5 Å². The Labute approximate surface area is 104 Å². The zero-order chi connectivity index (χ0) is 12.4. The van der Waals surface area contributed by atoms with Crippen LogP contribution in [0.25, 0.3) is 11.4 Å². The SMILES string of the molecule is CC(C)c1cc(=O)[nH]c(-c2cccc(Cl)c2)n1. The van der Waals surface area contributed by atoms with Gasteiger partial charge in [0.15, 0.2) is 0 Å². The number of benzene rings is 1. The standard InChI is InChI=1S/C13H13ClN2O/c1-8(2)11-7-12(17)16-13(15-11)9-4-3-5-10(14)6-9/h3-8H,1-2H3,(H,15,16,17). The minimum Gasteiger partial charge on any atom is -0.307 e. The minimum atomic E-state index is -0.140. The van der Waals surface area contributed by atoms with Gasteiger partial charge in [0.05, 0.1) is 5.69 Å². The van der Waals surface area contributed by atoms with E-state index in [0.29, 0.717) is 10.8 Å². The number of halogens is 1. The lowest BCUT2D eigenvalue weighted by Crippen LogP contribution is -2.11. The molecule has 1 N–H and O–H groups in total. The van der Waals surface area contributed by atoms with E-state index in [0.717, 1.165) is 11.3 Å². The van der Waals surface area contributed by atoms with Gasteiger partial charge >= 0.3 is 0 Å². The van der Waals surface area contributed by atoms with Crippen molar-refractivity contribution in [3.05, 3.63) is 51.4 Å². The molecule has 0 fully saturated rings. The fourth-order valence-electron chi connectivity index (χ4n) is 1.54. The summed E-state index contributed by atoms with van der Waals surface area (Å²) in [6.45, 7) is 4.01. The summed E-state index contributed by atoms with van der Waals surface area (Å²) in [6, 6.07) is 8.80. The Kier molecular flexibility index (Phi) is 3.29. The normalized spacial score (nSPS) is 10.8. The van der Waals surface area contributed by atoms with Crippen molar-refractivity contribution in [2.24, 2.45) is 0 Å². The second-order valence-electron chi connectivity index (χ2n) is 4.18. The number of rotatable bonds is 2. The third-order valence-electron chi connectivity index (χ3n) is 2.45. The van der Waals surface area contributed by atoms with Crippen molar-refractivity contribution < 1.29 is 0 Å². The van der Waals surface area contributed by atoms with Gasteiger partial charge in [-0.3, -0.25) is 4.79 Å². The minimum absolute atomic E-state index is 0.140. The fraction of sp³-hybridized carbons (Fsp3) is 0.231. The highest BCUT2D eigenvalue weighted by atomic mass is 35.5. The van der Waals surface area contributed by atoms with Crippen molar-refractivity contribution >= 4 is 11.6 Å².